The summed E-state index contributed by atoms with van der Waals surface area (Å²) in [6.45, 7) is 1.97. The van der Waals surface area contributed by atoms with Gasteiger partial charge in [-0.2, -0.15) is 0 Å². The highest BCUT2D eigenvalue weighted by molar-refractivity contribution is 7.13. The second-order valence-corrected chi connectivity index (χ2v) is 6.61. The van der Waals surface area contributed by atoms with Gasteiger partial charge in [0.1, 0.15) is 9.88 Å². The third-order valence-corrected chi connectivity index (χ3v) is 5.71. The van der Waals surface area contributed by atoms with Crippen LogP contribution in [0.3, 0.4) is 0 Å². The Bertz CT molecular complexity index is 642. The Labute approximate surface area is 128 Å². The lowest BCUT2D eigenvalue weighted by molar-refractivity contribution is 0.0701. The van der Waals surface area contributed by atoms with Crippen LogP contribution in [-0.2, 0) is 11.8 Å². The number of carboxylic acids is 1. The maximum Gasteiger partial charge on any atom is 0.347 e. The highest BCUT2D eigenvalue weighted by Gasteiger charge is 2.40. The summed E-state index contributed by atoms with van der Waals surface area (Å²) in [5, 5.41) is 10.4. The van der Waals surface area contributed by atoms with Gasteiger partial charge < -0.3 is 5.11 Å². The summed E-state index contributed by atoms with van der Waals surface area (Å²) in [6.07, 6.45) is 5.15. The fourth-order valence-corrected chi connectivity index (χ4v) is 4.59. The first-order valence-corrected chi connectivity index (χ1v) is 8.28. The minimum absolute atomic E-state index is 0.0798. The maximum atomic E-state index is 11.4. The fraction of sp³-hybridized carbons (Fsp3) is 0.412. The molecule has 2 aromatic rings. The molecule has 4 heteroatoms. The number of carboxylic acid groups (broad SMARTS) is 1. The summed E-state index contributed by atoms with van der Waals surface area (Å²) >= 11 is 1.37. The van der Waals surface area contributed by atoms with Crippen molar-refractivity contribution in [1.29, 1.82) is 0 Å². The second-order valence-electron chi connectivity index (χ2n) is 5.61. The van der Waals surface area contributed by atoms with Crippen LogP contribution < -0.4 is 0 Å². The van der Waals surface area contributed by atoms with Crippen molar-refractivity contribution in [3.63, 3.8) is 0 Å². The van der Waals surface area contributed by atoms with E-state index in [2.05, 4.69) is 24.3 Å². The highest BCUT2D eigenvalue weighted by Crippen LogP contribution is 2.48. The van der Waals surface area contributed by atoms with Crippen LogP contribution in [-0.4, -0.2) is 16.1 Å². The third-order valence-electron chi connectivity index (χ3n) is 4.42. The molecule has 3 nitrogen and oxygen atoms in total. The van der Waals surface area contributed by atoms with Crippen molar-refractivity contribution in [2.75, 3.05) is 0 Å². The normalized spacial score (nSPS) is 17.0. The molecule has 1 aromatic carbocycles. The van der Waals surface area contributed by atoms with Gasteiger partial charge in [0, 0.05) is 5.41 Å². The lowest BCUT2D eigenvalue weighted by atomic mass is 9.79. The van der Waals surface area contributed by atoms with Crippen LogP contribution in [0.4, 0.5) is 0 Å². The summed E-state index contributed by atoms with van der Waals surface area (Å²) in [5.74, 6) is -0.850. The predicted octanol–water partition coefficient (Wildman–Crippen LogP) is 4.26. The number of carbonyl (C=O) groups is 1. The van der Waals surface area contributed by atoms with Crippen LogP contribution in [0.25, 0.3) is 0 Å². The Morgan fingerprint density at radius 3 is 2.48 bits per heavy atom. The van der Waals surface area contributed by atoms with Crippen LogP contribution in [0.5, 0.6) is 0 Å². The first-order valence-electron chi connectivity index (χ1n) is 7.46. The number of aromatic carboxylic acids is 1. The first-order chi connectivity index (χ1) is 10.2. The molecule has 110 valence electrons. The van der Waals surface area contributed by atoms with Gasteiger partial charge in [-0.1, -0.05) is 50.1 Å². The first kappa shape index (κ1) is 14.3. The average molecular weight is 301 g/mol. The molecule has 0 saturated heterocycles. The topological polar surface area (TPSA) is 50.2 Å². The van der Waals surface area contributed by atoms with Crippen molar-refractivity contribution in [3.05, 3.63) is 51.5 Å². The van der Waals surface area contributed by atoms with Gasteiger partial charge >= 0.3 is 5.97 Å². The standard InChI is InChI=1S/C17H19NO2S/c1-2-13-14(15(19)20)21-16(18-13)17(10-6-7-11-17)12-8-4-3-5-9-12/h3-5,8-9H,2,6-7,10-11H2,1H3,(H,19,20). The van der Waals surface area contributed by atoms with Crippen molar-refractivity contribution in [3.8, 4) is 0 Å². The Morgan fingerprint density at radius 1 is 1.29 bits per heavy atom. The van der Waals surface area contributed by atoms with E-state index in [1.807, 2.05) is 13.0 Å². The number of thiazole rings is 1. The molecular formula is C17H19NO2S. The van der Waals surface area contributed by atoms with Crippen molar-refractivity contribution < 1.29 is 9.90 Å². The van der Waals surface area contributed by atoms with Gasteiger partial charge in [0.05, 0.1) is 5.69 Å². The molecule has 21 heavy (non-hydrogen) atoms. The number of rotatable bonds is 4. The van der Waals surface area contributed by atoms with E-state index < -0.39 is 5.97 Å². The van der Waals surface area contributed by atoms with Crippen molar-refractivity contribution in [2.24, 2.45) is 0 Å². The summed E-state index contributed by atoms with van der Waals surface area (Å²) in [5.41, 5.74) is 1.92. The molecule has 1 aliphatic carbocycles. The molecule has 0 radical (unpaired) electrons. The second kappa shape index (κ2) is 5.60. The zero-order valence-electron chi connectivity index (χ0n) is 12.1. The van der Waals surface area contributed by atoms with Crippen LogP contribution in [0, 0.1) is 0 Å². The molecule has 1 aromatic heterocycles. The average Bonchev–Trinajstić information content (AvgIpc) is 3.15. The van der Waals surface area contributed by atoms with Gasteiger partial charge in [-0.15, -0.1) is 11.3 Å². The fourth-order valence-electron chi connectivity index (χ4n) is 3.32. The molecule has 3 rings (SSSR count). The van der Waals surface area contributed by atoms with E-state index in [1.54, 1.807) is 0 Å². The van der Waals surface area contributed by atoms with Gasteiger partial charge in [0.2, 0.25) is 0 Å². The number of hydrogen-bond donors (Lipinski definition) is 1. The Morgan fingerprint density at radius 2 is 1.95 bits per heavy atom. The maximum absolute atomic E-state index is 11.4. The predicted molar refractivity (Wildman–Crippen MR) is 84.1 cm³/mol. The Hall–Kier alpha value is -1.68. The lowest BCUT2D eigenvalue weighted by Gasteiger charge is -2.27. The molecule has 1 saturated carbocycles. The summed E-state index contributed by atoms with van der Waals surface area (Å²) in [7, 11) is 0. The van der Waals surface area contributed by atoms with E-state index in [4.69, 9.17) is 4.98 Å². The molecule has 0 atom stereocenters. The molecule has 0 unspecified atom stereocenters. The smallest absolute Gasteiger partial charge is 0.347 e. The van der Waals surface area contributed by atoms with Gasteiger partial charge in [0.25, 0.3) is 0 Å². The SMILES string of the molecule is CCc1nc(C2(c3ccccc3)CCCC2)sc1C(=O)O. The minimum Gasteiger partial charge on any atom is -0.477 e. The van der Waals surface area contributed by atoms with Crippen LogP contribution in [0.15, 0.2) is 30.3 Å². The van der Waals surface area contributed by atoms with E-state index in [-0.39, 0.29) is 5.41 Å². The summed E-state index contributed by atoms with van der Waals surface area (Å²) in [6, 6.07) is 10.4. The van der Waals surface area contributed by atoms with Gasteiger partial charge in [0.15, 0.2) is 0 Å². The van der Waals surface area contributed by atoms with Crippen LogP contribution in [0.2, 0.25) is 0 Å². The largest absolute Gasteiger partial charge is 0.477 e. The minimum atomic E-state index is -0.850. The van der Waals surface area contributed by atoms with E-state index in [1.165, 1.54) is 29.7 Å². The van der Waals surface area contributed by atoms with Crippen molar-refractivity contribution >= 4 is 17.3 Å². The number of aromatic nitrogens is 1. The molecule has 0 amide bonds. The van der Waals surface area contributed by atoms with Crippen molar-refractivity contribution in [1.82, 2.24) is 4.98 Å². The third kappa shape index (κ3) is 2.38. The summed E-state index contributed by atoms with van der Waals surface area (Å²) < 4.78 is 0. The lowest BCUT2D eigenvalue weighted by Crippen LogP contribution is -2.23. The number of aryl methyl sites for hydroxylation is 1. The van der Waals surface area contributed by atoms with Crippen molar-refractivity contribution in [2.45, 2.75) is 44.4 Å². The molecule has 1 aliphatic rings. The Kier molecular flexibility index (Phi) is 3.81. The molecule has 1 heterocycles. The molecule has 0 aliphatic heterocycles. The molecule has 0 spiro atoms. The number of nitrogens with zero attached hydrogens (tertiary/aromatic N) is 1. The van der Waals surface area contributed by atoms with Gasteiger partial charge in [-0.3, -0.25) is 0 Å². The van der Waals surface area contributed by atoms with Crippen LogP contribution >= 0.6 is 11.3 Å². The number of benzene rings is 1. The van der Waals surface area contributed by atoms with Gasteiger partial charge in [-0.25, -0.2) is 9.78 Å². The van der Waals surface area contributed by atoms with E-state index in [0.29, 0.717) is 11.3 Å². The number of hydrogen-bond acceptors (Lipinski definition) is 3. The van der Waals surface area contributed by atoms with Gasteiger partial charge in [-0.05, 0) is 24.8 Å². The molecular weight excluding hydrogens is 282 g/mol. The van der Waals surface area contributed by atoms with E-state index >= 15 is 0 Å². The zero-order chi connectivity index (χ0) is 14.9. The van der Waals surface area contributed by atoms with E-state index in [9.17, 15) is 9.90 Å². The molecule has 1 fully saturated rings. The quantitative estimate of drug-likeness (QED) is 0.917. The summed E-state index contributed by atoms with van der Waals surface area (Å²) in [4.78, 5) is 16.6. The monoisotopic (exact) mass is 301 g/mol. The zero-order valence-corrected chi connectivity index (χ0v) is 12.9. The molecule has 1 N–H and O–H groups in total. The van der Waals surface area contributed by atoms with E-state index in [0.717, 1.165) is 23.5 Å². The van der Waals surface area contributed by atoms with Crippen LogP contribution in [0.1, 0.15) is 58.5 Å². The highest BCUT2D eigenvalue weighted by atomic mass is 32.1. The Balaban J connectivity index is 2.13. The molecule has 0 bridgehead atoms.